The number of hydrogen-bond donors (Lipinski definition) is 1. The van der Waals surface area contributed by atoms with E-state index in [9.17, 15) is 19.7 Å². The molecule has 10 nitrogen and oxygen atoms in total. The van der Waals surface area contributed by atoms with Crippen LogP contribution in [0.1, 0.15) is 35.8 Å². The molecule has 1 unspecified atom stereocenters. The zero-order valence-corrected chi connectivity index (χ0v) is 19.2. The lowest BCUT2D eigenvalue weighted by Crippen LogP contribution is -2.48. The maximum absolute atomic E-state index is 12.9. The van der Waals surface area contributed by atoms with E-state index in [1.165, 1.54) is 20.1 Å². The van der Waals surface area contributed by atoms with E-state index < -0.39 is 16.9 Å². The van der Waals surface area contributed by atoms with Crippen molar-refractivity contribution in [3.8, 4) is 11.5 Å². The van der Waals surface area contributed by atoms with E-state index in [0.717, 1.165) is 5.56 Å². The number of nitro benzene ring substituents is 1. The van der Waals surface area contributed by atoms with Crippen LogP contribution in [0.2, 0.25) is 0 Å². The van der Waals surface area contributed by atoms with Crippen LogP contribution >= 0.6 is 0 Å². The molecule has 0 bridgehead atoms. The molecule has 1 N–H and O–H groups in total. The molecule has 0 aliphatic carbocycles. The van der Waals surface area contributed by atoms with Gasteiger partial charge in [-0.05, 0) is 37.3 Å². The van der Waals surface area contributed by atoms with Crippen molar-refractivity contribution in [3.05, 3.63) is 57.6 Å². The molecule has 1 aliphatic heterocycles. The quantitative estimate of drug-likeness (QED) is 0.503. The summed E-state index contributed by atoms with van der Waals surface area (Å²) in [5.74, 6) is 0.757. The summed E-state index contributed by atoms with van der Waals surface area (Å²) in [4.78, 5) is 39.3. The van der Waals surface area contributed by atoms with E-state index in [1.54, 1.807) is 49.3 Å². The van der Waals surface area contributed by atoms with Crippen LogP contribution in [0.4, 0.5) is 11.4 Å². The number of anilines is 1. The Bertz CT molecular complexity index is 1050. The average Bonchev–Trinajstić information content (AvgIpc) is 2.83. The number of benzene rings is 2. The highest BCUT2D eigenvalue weighted by Gasteiger charge is 2.26. The monoisotopic (exact) mass is 456 g/mol. The standard InChI is InChI=1S/C23H28N4O6/c1-15(19-14-18(32-3)6-8-22(19)33-4)24-23(29)17-5-7-20(21(13-17)27(30)31)26-11-9-25(10-12-26)16(2)28/h5-8,13-15H,9-12H2,1-4H3,(H,24,29). The summed E-state index contributed by atoms with van der Waals surface area (Å²) in [7, 11) is 3.09. The lowest BCUT2D eigenvalue weighted by Gasteiger charge is -2.35. The third kappa shape index (κ3) is 5.33. The van der Waals surface area contributed by atoms with Crippen LogP contribution in [0.25, 0.3) is 0 Å². The molecule has 2 amide bonds. The first-order valence-electron chi connectivity index (χ1n) is 10.6. The Kier molecular flexibility index (Phi) is 7.37. The van der Waals surface area contributed by atoms with E-state index in [4.69, 9.17) is 9.47 Å². The minimum absolute atomic E-state index is 0.0158. The van der Waals surface area contributed by atoms with E-state index in [0.29, 0.717) is 43.4 Å². The lowest BCUT2D eigenvalue weighted by molar-refractivity contribution is -0.384. The Hall–Kier alpha value is -3.82. The maximum atomic E-state index is 12.9. The first kappa shape index (κ1) is 23.8. The van der Waals surface area contributed by atoms with Crippen molar-refractivity contribution in [2.45, 2.75) is 19.9 Å². The number of methoxy groups -OCH3 is 2. The molecule has 10 heteroatoms. The predicted octanol–water partition coefficient (Wildman–Crippen LogP) is 2.77. The van der Waals surface area contributed by atoms with Crippen molar-refractivity contribution in [3.63, 3.8) is 0 Å². The highest BCUT2D eigenvalue weighted by molar-refractivity contribution is 5.96. The van der Waals surface area contributed by atoms with E-state index in [2.05, 4.69) is 5.32 Å². The summed E-state index contributed by atoms with van der Waals surface area (Å²) in [6.45, 7) is 5.26. The van der Waals surface area contributed by atoms with Crippen LogP contribution in [0.5, 0.6) is 11.5 Å². The molecule has 0 spiro atoms. The largest absolute Gasteiger partial charge is 0.497 e. The number of piperazine rings is 1. The molecular weight excluding hydrogens is 428 g/mol. The van der Waals surface area contributed by atoms with Crippen LogP contribution in [-0.4, -0.2) is 62.0 Å². The van der Waals surface area contributed by atoms with Gasteiger partial charge in [-0.15, -0.1) is 0 Å². The van der Waals surface area contributed by atoms with Gasteiger partial charge in [0, 0.05) is 50.3 Å². The van der Waals surface area contributed by atoms with Crippen molar-refractivity contribution in [1.29, 1.82) is 0 Å². The molecule has 0 radical (unpaired) electrons. The Labute approximate surface area is 192 Å². The van der Waals surface area contributed by atoms with E-state index in [-0.39, 0.29) is 17.2 Å². The molecule has 176 valence electrons. The van der Waals surface area contributed by atoms with Gasteiger partial charge in [-0.2, -0.15) is 0 Å². The summed E-state index contributed by atoms with van der Waals surface area (Å²) in [6, 6.07) is 9.31. The van der Waals surface area contributed by atoms with Crippen LogP contribution in [0.3, 0.4) is 0 Å². The van der Waals surface area contributed by atoms with Crippen molar-refractivity contribution >= 4 is 23.2 Å². The summed E-state index contributed by atoms with van der Waals surface area (Å²) in [5, 5.41) is 14.6. The minimum Gasteiger partial charge on any atom is -0.497 e. The SMILES string of the molecule is COc1ccc(OC)c(C(C)NC(=O)c2ccc(N3CCN(C(C)=O)CC3)c([N+](=O)[O-])c2)c1. The number of nitrogens with zero attached hydrogens (tertiary/aromatic N) is 3. The van der Waals surface area contributed by atoms with Crippen molar-refractivity contribution in [2.75, 3.05) is 45.3 Å². The molecule has 2 aromatic carbocycles. The molecule has 1 fully saturated rings. The van der Waals surface area contributed by atoms with E-state index in [1.807, 2.05) is 4.90 Å². The van der Waals surface area contributed by atoms with Gasteiger partial charge in [0.15, 0.2) is 0 Å². The predicted molar refractivity (Wildman–Crippen MR) is 123 cm³/mol. The number of rotatable bonds is 7. The number of amides is 2. The molecule has 1 saturated heterocycles. The number of nitrogens with one attached hydrogen (secondary N) is 1. The zero-order valence-electron chi connectivity index (χ0n) is 19.2. The van der Waals surface area contributed by atoms with Gasteiger partial charge in [0.05, 0.1) is 25.2 Å². The Morgan fingerprint density at radius 3 is 2.33 bits per heavy atom. The van der Waals surface area contributed by atoms with Crippen LogP contribution in [0.15, 0.2) is 36.4 Å². The van der Waals surface area contributed by atoms with Crippen LogP contribution in [0, 0.1) is 10.1 Å². The summed E-state index contributed by atoms with van der Waals surface area (Å²) >= 11 is 0. The van der Waals surface area contributed by atoms with Crippen molar-refractivity contribution < 1.29 is 24.0 Å². The molecule has 33 heavy (non-hydrogen) atoms. The van der Waals surface area contributed by atoms with Gasteiger partial charge in [-0.25, -0.2) is 0 Å². The summed E-state index contributed by atoms with van der Waals surface area (Å²) in [6.07, 6.45) is 0. The fraction of sp³-hybridized carbons (Fsp3) is 0.391. The maximum Gasteiger partial charge on any atom is 0.293 e. The van der Waals surface area contributed by atoms with Crippen LogP contribution < -0.4 is 19.7 Å². The second-order valence-electron chi connectivity index (χ2n) is 7.76. The summed E-state index contributed by atoms with van der Waals surface area (Å²) < 4.78 is 10.6. The van der Waals surface area contributed by atoms with Crippen molar-refractivity contribution in [1.82, 2.24) is 10.2 Å². The molecule has 2 aromatic rings. The third-order valence-corrected chi connectivity index (χ3v) is 5.75. The lowest BCUT2D eigenvalue weighted by atomic mass is 10.1. The molecular formula is C23H28N4O6. The normalized spacial score (nSPS) is 14.4. The fourth-order valence-corrected chi connectivity index (χ4v) is 3.88. The van der Waals surface area contributed by atoms with Gasteiger partial charge in [-0.1, -0.05) is 0 Å². The number of hydrogen-bond acceptors (Lipinski definition) is 7. The average molecular weight is 456 g/mol. The fourth-order valence-electron chi connectivity index (χ4n) is 3.88. The van der Waals surface area contributed by atoms with Gasteiger partial charge in [0.2, 0.25) is 5.91 Å². The minimum atomic E-state index is -0.488. The second kappa shape index (κ2) is 10.2. The smallest absolute Gasteiger partial charge is 0.293 e. The zero-order chi connectivity index (χ0) is 24.1. The number of nitro groups is 1. The van der Waals surface area contributed by atoms with Gasteiger partial charge in [0.25, 0.3) is 11.6 Å². The molecule has 0 saturated carbocycles. The number of ether oxygens (including phenoxy) is 2. The van der Waals surface area contributed by atoms with Gasteiger partial charge < -0.3 is 24.6 Å². The molecule has 0 aromatic heterocycles. The Morgan fingerprint density at radius 2 is 1.76 bits per heavy atom. The molecule has 3 rings (SSSR count). The Balaban J connectivity index is 1.80. The first-order valence-corrected chi connectivity index (χ1v) is 10.6. The van der Waals surface area contributed by atoms with Gasteiger partial charge in [0.1, 0.15) is 17.2 Å². The Morgan fingerprint density at radius 1 is 1.06 bits per heavy atom. The highest BCUT2D eigenvalue weighted by Crippen LogP contribution is 2.32. The third-order valence-electron chi connectivity index (χ3n) is 5.75. The number of carbonyl (C=O) groups excluding carboxylic acids is 2. The summed E-state index contributed by atoms with van der Waals surface area (Å²) in [5.41, 5.74) is 1.19. The second-order valence-corrected chi connectivity index (χ2v) is 7.76. The first-order chi connectivity index (χ1) is 15.7. The highest BCUT2D eigenvalue weighted by atomic mass is 16.6. The van der Waals surface area contributed by atoms with E-state index >= 15 is 0 Å². The van der Waals surface area contributed by atoms with Crippen molar-refractivity contribution in [2.24, 2.45) is 0 Å². The van der Waals surface area contributed by atoms with Gasteiger partial charge in [-0.3, -0.25) is 19.7 Å². The molecule has 1 atom stereocenters. The van der Waals surface area contributed by atoms with Gasteiger partial charge >= 0.3 is 0 Å². The molecule has 1 aliphatic rings. The van der Waals surface area contributed by atoms with Crippen LogP contribution in [-0.2, 0) is 4.79 Å². The number of carbonyl (C=O) groups is 2. The topological polar surface area (TPSA) is 114 Å². The molecule has 1 heterocycles.